The molecular formula is C24H24N4O3. The Morgan fingerprint density at radius 2 is 1.77 bits per heavy atom. The number of anilines is 1. The first kappa shape index (κ1) is 20.5. The minimum absolute atomic E-state index is 0.174. The number of imidazole rings is 1. The highest BCUT2D eigenvalue weighted by Gasteiger charge is 2.28. The molecule has 3 amide bonds. The Morgan fingerprint density at radius 3 is 2.48 bits per heavy atom. The van der Waals surface area contributed by atoms with Gasteiger partial charge in [0.2, 0.25) is 17.8 Å². The maximum atomic E-state index is 12.8. The van der Waals surface area contributed by atoms with E-state index < -0.39 is 0 Å². The number of carbonyl (C=O) groups excluding carboxylic acids is 3. The zero-order valence-electron chi connectivity index (χ0n) is 17.8. The van der Waals surface area contributed by atoms with Crippen LogP contribution < -0.4 is 5.32 Å². The first-order valence-corrected chi connectivity index (χ1v) is 10.2. The molecule has 4 rings (SSSR count). The van der Waals surface area contributed by atoms with Gasteiger partial charge in [-0.1, -0.05) is 24.3 Å². The highest BCUT2D eigenvalue weighted by atomic mass is 16.2. The SMILES string of the molecule is Cc1ccc(-c2cnc(NC(=O)c3cccc(CN4C(=O)CCC4=O)c3)n2C)cc1C. The fourth-order valence-electron chi connectivity index (χ4n) is 3.66. The molecule has 0 unspecified atom stereocenters. The van der Waals surface area contributed by atoms with Gasteiger partial charge in [-0.3, -0.25) is 24.6 Å². The predicted octanol–water partition coefficient (Wildman–Crippen LogP) is 3.61. The van der Waals surface area contributed by atoms with Crippen molar-refractivity contribution in [2.75, 3.05) is 5.32 Å². The summed E-state index contributed by atoms with van der Waals surface area (Å²) in [5.41, 5.74) is 5.51. The molecule has 0 aliphatic carbocycles. The summed E-state index contributed by atoms with van der Waals surface area (Å²) >= 11 is 0. The number of carbonyl (C=O) groups is 3. The van der Waals surface area contributed by atoms with E-state index in [1.54, 1.807) is 30.5 Å². The van der Waals surface area contributed by atoms with Crippen LogP contribution in [0.5, 0.6) is 0 Å². The molecule has 158 valence electrons. The molecule has 1 saturated heterocycles. The third-order valence-corrected chi connectivity index (χ3v) is 5.70. The monoisotopic (exact) mass is 416 g/mol. The maximum Gasteiger partial charge on any atom is 0.257 e. The average Bonchev–Trinajstić information content (AvgIpc) is 3.27. The number of aryl methyl sites for hydroxylation is 2. The van der Waals surface area contributed by atoms with Crippen molar-refractivity contribution in [1.29, 1.82) is 0 Å². The van der Waals surface area contributed by atoms with Crippen LogP contribution in [0.25, 0.3) is 11.3 Å². The Hall–Kier alpha value is -3.74. The highest BCUT2D eigenvalue weighted by Crippen LogP contribution is 2.24. The summed E-state index contributed by atoms with van der Waals surface area (Å²) in [5.74, 6) is -0.215. The van der Waals surface area contributed by atoms with E-state index >= 15 is 0 Å². The van der Waals surface area contributed by atoms with E-state index in [4.69, 9.17) is 0 Å². The summed E-state index contributed by atoms with van der Waals surface area (Å²) in [5, 5.41) is 2.85. The number of imide groups is 1. The second kappa shape index (κ2) is 8.18. The molecule has 2 heterocycles. The van der Waals surface area contributed by atoms with Crippen molar-refractivity contribution in [3.8, 4) is 11.3 Å². The molecular weight excluding hydrogens is 392 g/mol. The summed E-state index contributed by atoms with van der Waals surface area (Å²) in [4.78, 5) is 42.1. The number of aromatic nitrogens is 2. The highest BCUT2D eigenvalue weighted by molar-refractivity contribution is 6.04. The lowest BCUT2D eigenvalue weighted by atomic mass is 10.0. The van der Waals surface area contributed by atoms with Gasteiger partial charge in [0.25, 0.3) is 5.91 Å². The van der Waals surface area contributed by atoms with Crippen molar-refractivity contribution < 1.29 is 14.4 Å². The van der Waals surface area contributed by atoms with E-state index in [1.807, 2.05) is 17.7 Å². The van der Waals surface area contributed by atoms with Crippen LogP contribution in [0.3, 0.4) is 0 Å². The van der Waals surface area contributed by atoms with E-state index in [2.05, 4.69) is 36.3 Å². The zero-order chi connectivity index (χ0) is 22.1. The Kier molecular flexibility index (Phi) is 5.42. The number of amides is 3. The predicted molar refractivity (Wildman–Crippen MR) is 117 cm³/mol. The minimum Gasteiger partial charge on any atom is -0.313 e. The lowest BCUT2D eigenvalue weighted by Crippen LogP contribution is -2.28. The molecule has 0 atom stereocenters. The molecule has 7 nitrogen and oxygen atoms in total. The second-order valence-electron chi connectivity index (χ2n) is 7.85. The van der Waals surface area contributed by atoms with Gasteiger partial charge in [0.1, 0.15) is 0 Å². The van der Waals surface area contributed by atoms with Gasteiger partial charge in [0, 0.05) is 31.0 Å². The molecule has 1 aliphatic rings. The standard InChI is InChI=1S/C24H24N4O3/c1-15-7-8-18(11-16(15)2)20-13-25-24(27(20)3)26-23(31)19-6-4-5-17(12-19)14-28-21(29)9-10-22(28)30/h4-8,11-13H,9-10,14H2,1-3H3,(H,25,26,31). The van der Waals surface area contributed by atoms with Crippen LogP contribution in [-0.2, 0) is 23.2 Å². The zero-order valence-corrected chi connectivity index (χ0v) is 17.8. The van der Waals surface area contributed by atoms with Crippen molar-refractivity contribution >= 4 is 23.7 Å². The molecule has 1 fully saturated rings. The van der Waals surface area contributed by atoms with Crippen LogP contribution in [0, 0.1) is 13.8 Å². The van der Waals surface area contributed by atoms with Crippen molar-refractivity contribution in [2.24, 2.45) is 7.05 Å². The van der Waals surface area contributed by atoms with Gasteiger partial charge in [0.15, 0.2) is 0 Å². The Labute approximate surface area is 180 Å². The van der Waals surface area contributed by atoms with Crippen molar-refractivity contribution in [1.82, 2.24) is 14.5 Å². The number of nitrogens with zero attached hydrogens (tertiary/aromatic N) is 3. The molecule has 1 N–H and O–H groups in total. The number of likely N-dealkylation sites (tertiary alicyclic amines) is 1. The largest absolute Gasteiger partial charge is 0.313 e. The van der Waals surface area contributed by atoms with Crippen LogP contribution >= 0.6 is 0 Å². The molecule has 2 aromatic carbocycles. The van der Waals surface area contributed by atoms with E-state index in [-0.39, 0.29) is 37.1 Å². The molecule has 1 aliphatic heterocycles. The first-order chi connectivity index (χ1) is 14.8. The maximum absolute atomic E-state index is 12.8. The summed E-state index contributed by atoms with van der Waals surface area (Å²) in [6.45, 7) is 4.31. The minimum atomic E-state index is -0.304. The molecule has 7 heteroatoms. The van der Waals surface area contributed by atoms with Gasteiger partial charge in [-0.05, 0) is 48.7 Å². The van der Waals surface area contributed by atoms with Gasteiger partial charge < -0.3 is 4.57 Å². The van der Waals surface area contributed by atoms with Gasteiger partial charge in [-0.25, -0.2) is 4.98 Å². The summed E-state index contributed by atoms with van der Waals surface area (Å²) in [6, 6.07) is 13.1. The van der Waals surface area contributed by atoms with Crippen molar-refractivity contribution in [3.63, 3.8) is 0 Å². The fourth-order valence-corrected chi connectivity index (χ4v) is 3.66. The first-order valence-electron chi connectivity index (χ1n) is 10.2. The van der Waals surface area contributed by atoms with E-state index in [9.17, 15) is 14.4 Å². The van der Waals surface area contributed by atoms with Crippen LogP contribution in [0.1, 0.15) is 39.9 Å². The topological polar surface area (TPSA) is 84.3 Å². The van der Waals surface area contributed by atoms with Gasteiger partial charge in [-0.2, -0.15) is 0 Å². The molecule has 31 heavy (non-hydrogen) atoms. The second-order valence-corrected chi connectivity index (χ2v) is 7.85. The molecule has 0 radical (unpaired) electrons. The fraction of sp³-hybridized carbons (Fsp3) is 0.250. The lowest BCUT2D eigenvalue weighted by molar-refractivity contribution is -0.139. The molecule has 3 aromatic rings. The van der Waals surface area contributed by atoms with Crippen LogP contribution in [-0.4, -0.2) is 32.2 Å². The number of hydrogen-bond acceptors (Lipinski definition) is 4. The molecule has 0 spiro atoms. The Bertz CT molecular complexity index is 1180. The third-order valence-electron chi connectivity index (χ3n) is 5.70. The Balaban J connectivity index is 1.51. The van der Waals surface area contributed by atoms with Crippen LogP contribution in [0.15, 0.2) is 48.7 Å². The Morgan fingerprint density at radius 1 is 1.03 bits per heavy atom. The smallest absolute Gasteiger partial charge is 0.257 e. The van der Waals surface area contributed by atoms with Crippen molar-refractivity contribution in [3.05, 3.63) is 70.9 Å². The molecule has 0 saturated carbocycles. The van der Waals surface area contributed by atoms with E-state index in [1.165, 1.54) is 16.0 Å². The van der Waals surface area contributed by atoms with Crippen LogP contribution in [0.2, 0.25) is 0 Å². The van der Waals surface area contributed by atoms with E-state index in [0.717, 1.165) is 16.8 Å². The summed E-state index contributed by atoms with van der Waals surface area (Å²) in [6.07, 6.45) is 2.24. The molecule has 0 bridgehead atoms. The summed E-state index contributed by atoms with van der Waals surface area (Å²) < 4.78 is 1.84. The lowest BCUT2D eigenvalue weighted by Gasteiger charge is -2.14. The van der Waals surface area contributed by atoms with Crippen LogP contribution in [0.4, 0.5) is 5.95 Å². The third kappa shape index (κ3) is 4.12. The average molecular weight is 416 g/mol. The normalized spacial score (nSPS) is 13.7. The van der Waals surface area contributed by atoms with E-state index in [0.29, 0.717) is 11.5 Å². The molecule has 1 aromatic heterocycles. The van der Waals surface area contributed by atoms with Gasteiger partial charge >= 0.3 is 0 Å². The number of rotatable bonds is 5. The summed E-state index contributed by atoms with van der Waals surface area (Å²) in [7, 11) is 1.86. The van der Waals surface area contributed by atoms with Crippen molar-refractivity contribution in [2.45, 2.75) is 33.2 Å². The number of hydrogen-bond donors (Lipinski definition) is 1. The number of benzene rings is 2. The van der Waals surface area contributed by atoms with Gasteiger partial charge in [0.05, 0.1) is 18.4 Å². The van der Waals surface area contributed by atoms with Gasteiger partial charge in [-0.15, -0.1) is 0 Å². The quantitative estimate of drug-likeness (QED) is 0.644. The number of nitrogens with one attached hydrogen (secondary N) is 1.